The number of hydrogen-bond donors (Lipinski definition) is 1. The Hall–Kier alpha value is -2.64. The van der Waals surface area contributed by atoms with E-state index >= 15 is 0 Å². The molecule has 6 rings (SSSR count). The summed E-state index contributed by atoms with van der Waals surface area (Å²) in [4.78, 5) is 0. The fraction of sp³-hybridized carbons (Fsp3) is 0.0909. The van der Waals surface area contributed by atoms with Crippen LogP contribution in [-0.2, 0) is 0 Å². The normalized spacial score (nSPS) is 20.9. The summed E-state index contributed by atoms with van der Waals surface area (Å²) in [6.45, 7) is 0. The van der Waals surface area contributed by atoms with E-state index in [0.717, 1.165) is 0 Å². The highest BCUT2D eigenvalue weighted by Crippen LogP contribution is 2.57. The van der Waals surface area contributed by atoms with Gasteiger partial charge in [-0.3, -0.25) is 5.32 Å². The number of benzene rings is 4. The molecular weight excluding hydrogens is 278 g/mol. The van der Waals surface area contributed by atoms with Crippen LogP contribution in [0.2, 0.25) is 0 Å². The van der Waals surface area contributed by atoms with Crippen molar-refractivity contribution in [3.63, 3.8) is 0 Å². The van der Waals surface area contributed by atoms with Gasteiger partial charge in [0.1, 0.15) is 0 Å². The van der Waals surface area contributed by atoms with Gasteiger partial charge >= 0.3 is 0 Å². The van der Waals surface area contributed by atoms with E-state index in [4.69, 9.17) is 0 Å². The van der Waals surface area contributed by atoms with E-state index in [0.29, 0.717) is 12.1 Å². The van der Waals surface area contributed by atoms with Crippen LogP contribution in [0.4, 0.5) is 0 Å². The molecule has 0 spiro atoms. The zero-order valence-electron chi connectivity index (χ0n) is 12.6. The zero-order chi connectivity index (χ0) is 15.0. The fourth-order valence-corrected chi connectivity index (χ4v) is 4.43. The summed E-state index contributed by atoms with van der Waals surface area (Å²) in [6, 6.07) is 27.5. The summed E-state index contributed by atoms with van der Waals surface area (Å²) in [5.74, 6) is 0. The van der Waals surface area contributed by atoms with Gasteiger partial charge in [-0.15, -0.1) is 0 Å². The highest BCUT2D eigenvalue weighted by atomic mass is 15.2. The van der Waals surface area contributed by atoms with Crippen LogP contribution < -0.4 is 5.32 Å². The Labute approximate surface area is 134 Å². The van der Waals surface area contributed by atoms with Crippen molar-refractivity contribution < 1.29 is 0 Å². The van der Waals surface area contributed by atoms with Crippen LogP contribution in [-0.4, -0.2) is 0 Å². The van der Waals surface area contributed by atoms with Gasteiger partial charge in [0, 0.05) is 0 Å². The maximum Gasteiger partial charge on any atom is 0.0536 e. The first-order valence-electron chi connectivity index (χ1n) is 8.22. The highest BCUT2D eigenvalue weighted by Gasteiger charge is 2.46. The summed E-state index contributed by atoms with van der Waals surface area (Å²) in [5, 5.41) is 9.20. The first kappa shape index (κ1) is 11.9. The topological polar surface area (TPSA) is 21.9 Å². The molecule has 0 saturated carbocycles. The predicted molar refractivity (Wildman–Crippen MR) is 95.5 cm³/mol. The summed E-state index contributed by atoms with van der Waals surface area (Å²) in [6.07, 6.45) is 0. The largest absolute Gasteiger partial charge is 0.300 e. The van der Waals surface area contributed by atoms with Crippen molar-refractivity contribution >= 4 is 21.5 Å². The van der Waals surface area contributed by atoms with Crippen LogP contribution in [0.25, 0.3) is 32.7 Å². The van der Waals surface area contributed by atoms with E-state index in [9.17, 15) is 0 Å². The molecule has 1 heteroatoms. The number of fused-ring (bicyclic) bond motifs is 11. The number of hydrogen-bond acceptors (Lipinski definition) is 1. The first-order chi connectivity index (χ1) is 11.4. The Kier molecular flexibility index (Phi) is 2.07. The summed E-state index contributed by atoms with van der Waals surface area (Å²) < 4.78 is 0. The van der Waals surface area contributed by atoms with Crippen LogP contribution in [0.1, 0.15) is 23.2 Å². The molecule has 1 fully saturated rings. The third-order valence-electron chi connectivity index (χ3n) is 5.43. The van der Waals surface area contributed by atoms with Crippen molar-refractivity contribution in [2.75, 3.05) is 0 Å². The second-order valence-electron chi connectivity index (χ2n) is 6.59. The lowest BCUT2D eigenvalue weighted by atomic mass is 9.80. The zero-order valence-corrected chi connectivity index (χ0v) is 12.6. The van der Waals surface area contributed by atoms with Crippen molar-refractivity contribution in [2.45, 2.75) is 12.1 Å². The Balaban J connectivity index is 1.92. The molecule has 2 unspecified atom stereocenters. The van der Waals surface area contributed by atoms with Crippen LogP contribution in [0.3, 0.4) is 0 Å². The summed E-state index contributed by atoms with van der Waals surface area (Å²) in [7, 11) is 0. The van der Waals surface area contributed by atoms with Gasteiger partial charge in [-0.1, -0.05) is 72.8 Å². The SMILES string of the molecule is c1ccc2c(c1)-c1c(c3ccccc3c3ccccc13)C1NC21. The lowest BCUT2D eigenvalue weighted by molar-refractivity contribution is 1.02. The highest BCUT2D eigenvalue weighted by molar-refractivity contribution is 6.17. The molecule has 4 aromatic rings. The minimum absolute atomic E-state index is 0.467. The van der Waals surface area contributed by atoms with Gasteiger partial charge in [0.2, 0.25) is 0 Å². The quantitative estimate of drug-likeness (QED) is 0.342. The third-order valence-corrected chi connectivity index (χ3v) is 5.43. The Morgan fingerprint density at radius 3 is 2.00 bits per heavy atom. The molecule has 1 saturated heterocycles. The van der Waals surface area contributed by atoms with Gasteiger partial charge in [0.25, 0.3) is 0 Å². The van der Waals surface area contributed by atoms with Crippen LogP contribution in [0, 0.1) is 0 Å². The first-order valence-corrected chi connectivity index (χ1v) is 8.22. The number of rotatable bonds is 0. The maximum absolute atomic E-state index is 3.70. The molecule has 1 nitrogen and oxygen atoms in total. The average molecular weight is 293 g/mol. The van der Waals surface area contributed by atoms with E-state index in [1.165, 1.54) is 43.8 Å². The molecule has 2 aliphatic rings. The standard InChI is InChI=1S/C22H15N/c1-3-9-15-13(7-1)14-8-2-4-10-16(14)20-19(15)17-11-5-6-12-18(17)21-22(20)23-21/h1-12,21-23H. The third kappa shape index (κ3) is 1.41. The minimum atomic E-state index is 0.467. The molecule has 1 aliphatic carbocycles. The van der Waals surface area contributed by atoms with Crippen molar-refractivity contribution in [1.82, 2.24) is 5.32 Å². The van der Waals surface area contributed by atoms with Gasteiger partial charge in [-0.05, 0) is 43.8 Å². The Bertz CT molecular complexity index is 1110. The molecule has 0 amide bonds. The fourth-order valence-electron chi connectivity index (χ4n) is 4.43. The minimum Gasteiger partial charge on any atom is -0.300 e. The van der Waals surface area contributed by atoms with E-state index in [1.54, 1.807) is 0 Å². The average Bonchev–Trinajstić information content (AvgIpc) is 3.42. The molecule has 1 heterocycles. The van der Waals surface area contributed by atoms with Crippen LogP contribution >= 0.6 is 0 Å². The van der Waals surface area contributed by atoms with Crippen molar-refractivity contribution in [1.29, 1.82) is 0 Å². The molecule has 0 aromatic heterocycles. The Morgan fingerprint density at radius 2 is 1.17 bits per heavy atom. The lowest BCUT2D eigenvalue weighted by Gasteiger charge is -2.22. The van der Waals surface area contributed by atoms with E-state index in [-0.39, 0.29) is 0 Å². The molecule has 1 N–H and O–H groups in total. The van der Waals surface area contributed by atoms with Crippen LogP contribution in [0.15, 0.2) is 72.8 Å². The molecule has 108 valence electrons. The van der Waals surface area contributed by atoms with E-state index < -0.39 is 0 Å². The molecule has 0 radical (unpaired) electrons. The molecule has 2 atom stereocenters. The second-order valence-corrected chi connectivity index (χ2v) is 6.59. The summed E-state index contributed by atoms with van der Waals surface area (Å²) >= 11 is 0. The molecule has 23 heavy (non-hydrogen) atoms. The molecule has 0 bridgehead atoms. The Morgan fingerprint density at radius 1 is 0.565 bits per heavy atom. The van der Waals surface area contributed by atoms with Gasteiger partial charge in [0.15, 0.2) is 0 Å². The second kappa shape index (κ2) is 4.01. The van der Waals surface area contributed by atoms with Crippen molar-refractivity contribution in [3.05, 3.63) is 83.9 Å². The number of nitrogens with one attached hydrogen (secondary N) is 1. The smallest absolute Gasteiger partial charge is 0.0536 e. The molecule has 4 aromatic carbocycles. The lowest BCUT2D eigenvalue weighted by Crippen LogP contribution is -2.01. The molecular formula is C22H15N. The predicted octanol–water partition coefficient (Wildman–Crippen LogP) is 5.36. The van der Waals surface area contributed by atoms with Gasteiger partial charge in [-0.25, -0.2) is 0 Å². The van der Waals surface area contributed by atoms with Crippen molar-refractivity contribution in [2.24, 2.45) is 0 Å². The van der Waals surface area contributed by atoms with E-state index in [1.807, 2.05) is 0 Å². The monoisotopic (exact) mass is 293 g/mol. The van der Waals surface area contributed by atoms with Gasteiger partial charge in [0.05, 0.1) is 12.1 Å². The molecule has 1 aliphatic heterocycles. The van der Waals surface area contributed by atoms with E-state index in [2.05, 4.69) is 78.1 Å². The van der Waals surface area contributed by atoms with Crippen molar-refractivity contribution in [3.8, 4) is 11.1 Å². The maximum atomic E-state index is 3.70. The van der Waals surface area contributed by atoms with Crippen LogP contribution in [0.5, 0.6) is 0 Å². The van der Waals surface area contributed by atoms with Gasteiger partial charge < -0.3 is 0 Å². The summed E-state index contributed by atoms with van der Waals surface area (Å²) in [5.41, 5.74) is 5.77. The van der Waals surface area contributed by atoms with Gasteiger partial charge in [-0.2, -0.15) is 0 Å².